The van der Waals surface area contributed by atoms with Gasteiger partial charge in [-0.3, -0.25) is 14.2 Å². The van der Waals surface area contributed by atoms with Crippen molar-refractivity contribution in [3.8, 4) is 0 Å². The van der Waals surface area contributed by atoms with Crippen LogP contribution in [0.4, 0.5) is 0 Å². The molecule has 1 aromatic carbocycles. The van der Waals surface area contributed by atoms with Crippen molar-refractivity contribution in [2.24, 2.45) is 14.1 Å². The van der Waals surface area contributed by atoms with E-state index in [0.717, 1.165) is 23.0 Å². The van der Waals surface area contributed by atoms with Crippen LogP contribution in [0.1, 0.15) is 42.5 Å². The summed E-state index contributed by atoms with van der Waals surface area (Å²) in [5, 5.41) is 2.91. The minimum absolute atomic E-state index is 0.213. The van der Waals surface area contributed by atoms with E-state index in [4.69, 9.17) is 0 Å². The number of aryl methyl sites for hydroxylation is 4. The van der Waals surface area contributed by atoms with Gasteiger partial charge in [-0.05, 0) is 49.3 Å². The monoisotopic (exact) mass is 395 g/mol. The normalized spacial score (nSPS) is 14.6. The highest BCUT2D eigenvalue weighted by atomic mass is 16.2. The van der Waals surface area contributed by atoms with E-state index in [0.29, 0.717) is 11.2 Å². The lowest BCUT2D eigenvalue weighted by Crippen LogP contribution is -2.43. The Morgan fingerprint density at radius 3 is 2.66 bits per heavy atom. The molecule has 0 radical (unpaired) electrons. The minimum atomic E-state index is -0.558. The Balaban J connectivity index is 1.57. The van der Waals surface area contributed by atoms with Crippen LogP contribution in [-0.2, 0) is 38.3 Å². The molecule has 1 atom stereocenters. The molecule has 29 heavy (non-hydrogen) atoms. The molecule has 1 amide bonds. The third kappa shape index (κ3) is 3.39. The van der Waals surface area contributed by atoms with E-state index in [2.05, 4.69) is 22.4 Å². The number of fused-ring (bicyclic) bond motifs is 2. The Morgan fingerprint density at radius 2 is 1.90 bits per heavy atom. The zero-order valence-corrected chi connectivity index (χ0v) is 16.9. The lowest BCUT2D eigenvalue weighted by Gasteiger charge is -2.20. The third-order valence-electron chi connectivity index (χ3n) is 5.75. The minimum Gasteiger partial charge on any atom is -0.348 e. The molecule has 0 aliphatic heterocycles. The summed E-state index contributed by atoms with van der Waals surface area (Å²) in [6, 6.07) is 6.13. The number of amides is 1. The number of nitrogens with one attached hydrogen (secondary N) is 1. The van der Waals surface area contributed by atoms with Gasteiger partial charge in [-0.2, -0.15) is 0 Å². The van der Waals surface area contributed by atoms with Crippen LogP contribution >= 0.6 is 0 Å². The zero-order chi connectivity index (χ0) is 20.7. The number of nitrogens with zero attached hydrogens (tertiary/aromatic N) is 4. The van der Waals surface area contributed by atoms with Crippen LogP contribution in [0.5, 0.6) is 0 Å². The maximum absolute atomic E-state index is 12.7. The highest BCUT2D eigenvalue weighted by Gasteiger charge is 2.19. The molecule has 0 spiro atoms. The molecule has 8 heteroatoms. The maximum Gasteiger partial charge on any atom is 0.332 e. The molecule has 152 valence electrons. The number of hydrogen-bond acceptors (Lipinski definition) is 4. The molecule has 0 bridgehead atoms. The summed E-state index contributed by atoms with van der Waals surface area (Å²) >= 11 is 0. The quantitative estimate of drug-likeness (QED) is 0.718. The molecule has 0 saturated heterocycles. The first-order valence-electron chi connectivity index (χ1n) is 9.88. The summed E-state index contributed by atoms with van der Waals surface area (Å²) in [6.07, 6.45) is 6.08. The molecular formula is C21H25N5O3. The van der Waals surface area contributed by atoms with Crippen molar-refractivity contribution in [1.29, 1.82) is 0 Å². The fraction of sp³-hybridized carbons (Fsp3) is 0.429. The van der Waals surface area contributed by atoms with Gasteiger partial charge in [-0.1, -0.05) is 18.2 Å². The van der Waals surface area contributed by atoms with Gasteiger partial charge in [0.2, 0.25) is 5.91 Å². The number of carbonyl (C=O) groups excluding carboxylic acids is 1. The Labute approximate surface area is 167 Å². The topological polar surface area (TPSA) is 90.9 Å². The molecule has 1 aliphatic rings. The van der Waals surface area contributed by atoms with Gasteiger partial charge in [0.25, 0.3) is 5.56 Å². The van der Waals surface area contributed by atoms with Crippen molar-refractivity contribution < 1.29 is 4.79 Å². The first kappa shape index (κ1) is 19.2. The molecule has 1 aliphatic carbocycles. The summed E-state index contributed by atoms with van der Waals surface area (Å²) in [4.78, 5) is 42.0. The molecule has 8 nitrogen and oxygen atoms in total. The average molecular weight is 395 g/mol. The van der Waals surface area contributed by atoms with Gasteiger partial charge in [-0.15, -0.1) is 0 Å². The third-order valence-corrected chi connectivity index (χ3v) is 5.75. The first-order valence-corrected chi connectivity index (χ1v) is 9.88. The first-order chi connectivity index (χ1) is 13.9. The summed E-state index contributed by atoms with van der Waals surface area (Å²) in [5.74, 6) is -0.379. The van der Waals surface area contributed by atoms with Crippen LogP contribution < -0.4 is 16.6 Å². The average Bonchev–Trinajstić information content (AvgIpc) is 3.11. The summed E-state index contributed by atoms with van der Waals surface area (Å²) in [7, 11) is 3.23. The number of carbonyl (C=O) groups is 1. The zero-order valence-electron chi connectivity index (χ0n) is 16.9. The highest BCUT2D eigenvalue weighted by molar-refractivity contribution is 5.77. The number of benzene rings is 1. The second-order valence-corrected chi connectivity index (χ2v) is 7.79. The van der Waals surface area contributed by atoms with Crippen LogP contribution in [0.15, 0.2) is 34.1 Å². The van der Waals surface area contributed by atoms with Crippen molar-refractivity contribution in [1.82, 2.24) is 24.0 Å². The second kappa shape index (κ2) is 7.35. The van der Waals surface area contributed by atoms with Gasteiger partial charge in [-0.25, -0.2) is 14.3 Å². The second-order valence-electron chi connectivity index (χ2n) is 7.79. The van der Waals surface area contributed by atoms with E-state index >= 15 is 0 Å². The van der Waals surface area contributed by atoms with E-state index < -0.39 is 11.2 Å². The molecule has 0 saturated carbocycles. The van der Waals surface area contributed by atoms with Crippen LogP contribution in [-0.4, -0.2) is 24.6 Å². The van der Waals surface area contributed by atoms with Crippen molar-refractivity contribution >= 4 is 17.1 Å². The number of rotatable bonds is 4. The molecule has 2 heterocycles. The number of imidazole rings is 1. The van der Waals surface area contributed by atoms with Crippen molar-refractivity contribution in [3.63, 3.8) is 0 Å². The summed E-state index contributed by atoms with van der Waals surface area (Å²) in [6.45, 7) is 1.58. The Hall–Kier alpha value is -3.16. The van der Waals surface area contributed by atoms with Crippen LogP contribution in [0.3, 0.4) is 0 Å². The Morgan fingerprint density at radius 1 is 1.17 bits per heavy atom. The van der Waals surface area contributed by atoms with Gasteiger partial charge in [0.05, 0.1) is 12.4 Å². The predicted octanol–water partition coefficient (Wildman–Crippen LogP) is 1.19. The molecular weight excluding hydrogens is 370 g/mol. The molecule has 2 aromatic heterocycles. The van der Waals surface area contributed by atoms with Crippen LogP contribution in [0.2, 0.25) is 0 Å². The largest absolute Gasteiger partial charge is 0.348 e. The molecule has 0 fully saturated rings. The van der Waals surface area contributed by atoms with Crippen molar-refractivity contribution in [2.75, 3.05) is 0 Å². The lowest BCUT2D eigenvalue weighted by molar-refractivity contribution is -0.122. The molecule has 4 rings (SSSR count). The van der Waals surface area contributed by atoms with E-state index in [1.165, 1.54) is 34.9 Å². The van der Waals surface area contributed by atoms with Gasteiger partial charge in [0.1, 0.15) is 6.54 Å². The van der Waals surface area contributed by atoms with Gasteiger partial charge in [0, 0.05) is 14.1 Å². The number of aromatic nitrogens is 4. The summed E-state index contributed by atoms with van der Waals surface area (Å²) < 4.78 is 3.80. The SMILES string of the molecule is CC(NC(=O)Cn1c(=O)c2c(ncn2C)n(C)c1=O)c1ccc2c(c1)CCCC2. The van der Waals surface area contributed by atoms with E-state index in [1.54, 1.807) is 18.7 Å². The lowest BCUT2D eigenvalue weighted by atomic mass is 9.89. The molecule has 1 unspecified atom stereocenters. The highest BCUT2D eigenvalue weighted by Crippen LogP contribution is 2.24. The van der Waals surface area contributed by atoms with Crippen molar-refractivity contribution in [2.45, 2.75) is 45.2 Å². The predicted molar refractivity (Wildman–Crippen MR) is 110 cm³/mol. The van der Waals surface area contributed by atoms with Crippen LogP contribution in [0.25, 0.3) is 11.2 Å². The van der Waals surface area contributed by atoms with Crippen LogP contribution in [0, 0.1) is 0 Å². The maximum atomic E-state index is 12.7. The summed E-state index contributed by atoms with van der Waals surface area (Å²) in [5.41, 5.74) is 3.29. The van der Waals surface area contributed by atoms with E-state index in [1.807, 2.05) is 13.0 Å². The van der Waals surface area contributed by atoms with E-state index in [9.17, 15) is 14.4 Å². The fourth-order valence-corrected chi connectivity index (χ4v) is 4.07. The smallest absolute Gasteiger partial charge is 0.332 e. The van der Waals surface area contributed by atoms with E-state index in [-0.39, 0.29) is 18.5 Å². The Bertz CT molecular complexity index is 1220. The molecule has 3 aromatic rings. The molecule has 1 N–H and O–H groups in total. The standard InChI is InChI=1S/C21H25N5O3/c1-13(15-9-8-14-6-4-5-7-16(14)10-15)23-17(27)11-26-20(28)18-19(22-12-24(18)2)25(3)21(26)29/h8-10,12-13H,4-7,11H2,1-3H3,(H,23,27). The van der Waals surface area contributed by atoms with Crippen molar-refractivity contribution in [3.05, 3.63) is 62.1 Å². The van der Waals surface area contributed by atoms with Gasteiger partial charge < -0.3 is 9.88 Å². The van der Waals surface area contributed by atoms with Gasteiger partial charge in [0.15, 0.2) is 11.2 Å². The number of hydrogen-bond donors (Lipinski definition) is 1. The fourth-order valence-electron chi connectivity index (χ4n) is 4.07. The Kier molecular flexibility index (Phi) is 4.86. The van der Waals surface area contributed by atoms with Gasteiger partial charge >= 0.3 is 5.69 Å².